The van der Waals surface area contributed by atoms with E-state index >= 15 is 0 Å². The second-order valence-corrected chi connectivity index (χ2v) is 8.09. The van der Waals surface area contributed by atoms with E-state index in [9.17, 15) is 5.26 Å². The minimum atomic E-state index is 0.514. The molecule has 0 atom stereocenters. The van der Waals surface area contributed by atoms with Crippen molar-refractivity contribution in [1.29, 1.82) is 5.26 Å². The molecule has 1 aliphatic heterocycles. The summed E-state index contributed by atoms with van der Waals surface area (Å²) in [6.45, 7) is 7.16. The van der Waals surface area contributed by atoms with Gasteiger partial charge >= 0.3 is 0 Å². The third-order valence-corrected chi connectivity index (χ3v) is 5.46. The molecule has 0 bridgehead atoms. The van der Waals surface area contributed by atoms with E-state index < -0.39 is 0 Å². The van der Waals surface area contributed by atoms with Crippen molar-refractivity contribution in [3.05, 3.63) is 29.8 Å². The molecule has 0 N–H and O–H groups in total. The van der Waals surface area contributed by atoms with Gasteiger partial charge in [0.05, 0.1) is 26.0 Å². The number of thioether (sulfide) groups is 1. The SMILES string of the molecule is COc1ccc(-c2nc(SCCC(C)C)nc(N3CCOCC3)c2C#N)cc1. The zero-order valence-corrected chi connectivity index (χ0v) is 17.5. The molecule has 28 heavy (non-hydrogen) atoms. The van der Waals surface area contributed by atoms with Crippen LogP contribution in [0.5, 0.6) is 5.75 Å². The summed E-state index contributed by atoms with van der Waals surface area (Å²) in [4.78, 5) is 11.6. The van der Waals surface area contributed by atoms with Crippen LogP contribution in [0.3, 0.4) is 0 Å². The molecule has 0 amide bonds. The van der Waals surface area contributed by atoms with Crippen molar-refractivity contribution in [3.63, 3.8) is 0 Å². The van der Waals surface area contributed by atoms with E-state index in [1.54, 1.807) is 18.9 Å². The molecule has 2 heterocycles. The number of morpholine rings is 1. The number of hydrogen-bond acceptors (Lipinski definition) is 7. The Kier molecular flexibility index (Phi) is 7.12. The first-order valence-electron chi connectivity index (χ1n) is 9.54. The minimum Gasteiger partial charge on any atom is -0.497 e. The first kappa shape index (κ1) is 20.4. The normalized spacial score (nSPS) is 14.2. The molecular weight excluding hydrogens is 372 g/mol. The molecule has 148 valence electrons. The molecule has 1 fully saturated rings. The number of benzene rings is 1. The van der Waals surface area contributed by atoms with Crippen molar-refractivity contribution < 1.29 is 9.47 Å². The third kappa shape index (κ3) is 4.94. The smallest absolute Gasteiger partial charge is 0.190 e. The van der Waals surface area contributed by atoms with Gasteiger partial charge in [-0.1, -0.05) is 25.6 Å². The lowest BCUT2D eigenvalue weighted by Gasteiger charge is -2.29. The molecule has 0 radical (unpaired) electrons. The van der Waals surface area contributed by atoms with Gasteiger partial charge in [0, 0.05) is 24.4 Å². The van der Waals surface area contributed by atoms with Crippen LogP contribution in [-0.2, 0) is 4.74 Å². The Morgan fingerprint density at radius 2 is 1.93 bits per heavy atom. The maximum absolute atomic E-state index is 9.91. The molecule has 0 unspecified atom stereocenters. The molecule has 7 heteroatoms. The average molecular weight is 399 g/mol. The van der Waals surface area contributed by atoms with Crippen molar-refractivity contribution in [2.45, 2.75) is 25.4 Å². The predicted molar refractivity (Wildman–Crippen MR) is 112 cm³/mol. The Morgan fingerprint density at radius 1 is 1.21 bits per heavy atom. The average Bonchev–Trinajstić information content (AvgIpc) is 2.73. The molecule has 6 nitrogen and oxygen atoms in total. The molecule has 2 aromatic rings. The lowest BCUT2D eigenvalue weighted by molar-refractivity contribution is 0.122. The molecule has 1 saturated heterocycles. The van der Waals surface area contributed by atoms with Gasteiger partial charge in [0.15, 0.2) is 11.0 Å². The van der Waals surface area contributed by atoms with Gasteiger partial charge < -0.3 is 14.4 Å². The number of hydrogen-bond donors (Lipinski definition) is 0. The van der Waals surface area contributed by atoms with E-state index in [0.717, 1.165) is 36.6 Å². The number of rotatable bonds is 7. The molecule has 3 rings (SSSR count). The quantitative estimate of drug-likeness (QED) is 0.516. The second kappa shape index (κ2) is 9.76. The van der Waals surface area contributed by atoms with Gasteiger partial charge in [-0.3, -0.25) is 0 Å². The lowest BCUT2D eigenvalue weighted by Crippen LogP contribution is -2.37. The van der Waals surface area contributed by atoms with Crippen LogP contribution in [0.1, 0.15) is 25.8 Å². The van der Waals surface area contributed by atoms with Gasteiger partial charge in [0.2, 0.25) is 0 Å². The standard InChI is InChI=1S/C21H26N4O2S/c1-15(2)8-13-28-21-23-19(16-4-6-17(26-3)7-5-16)18(14-22)20(24-21)25-9-11-27-12-10-25/h4-7,15H,8-13H2,1-3H3. The first-order valence-corrected chi connectivity index (χ1v) is 10.5. The van der Waals surface area contributed by atoms with Gasteiger partial charge in [0.1, 0.15) is 17.4 Å². The zero-order valence-electron chi connectivity index (χ0n) is 16.6. The maximum Gasteiger partial charge on any atom is 0.190 e. The highest BCUT2D eigenvalue weighted by Crippen LogP contribution is 2.32. The summed E-state index contributed by atoms with van der Waals surface area (Å²) in [6, 6.07) is 9.99. The Labute approximate surface area is 170 Å². The Hall–Kier alpha value is -2.30. The molecule has 1 aromatic heterocycles. The lowest BCUT2D eigenvalue weighted by atomic mass is 10.1. The number of ether oxygens (including phenoxy) is 2. The Morgan fingerprint density at radius 3 is 2.54 bits per heavy atom. The van der Waals surface area contributed by atoms with Gasteiger partial charge in [-0.2, -0.15) is 5.26 Å². The van der Waals surface area contributed by atoms with Crippen LogP contribution in [0.25, 0.3) is 11.3 Å². The van der Waals surface area contributed by atoms with Crippen LogP contribution in [0.4, 0.5) is 5.82 Å². The van der Waals surface area contributed by atoms with E-state index in [2.05, 4.69) is 24.8 Å². The highest BCUT2D eigenvalue weighted by Gasteiger charge is 2.22. The zero-order chi connectivity index (χ0) is 19.9. The summed E-state index contributed by atoms with van der Waals surface area (Å²) in [6.07, 6.45) is 1.10. The summed E-state index contributed by atoms with van der Waals surface area (Å²) in [5.41, 5.74) is 2.08. The molecule has 1 aromatic carbocycles. The van der Waals surface area contributed by atoms with Crippen LogP contribution in [0, 0.1) is 17.2 Å². The predicted octanol–water partition coefficient (Wildman–Crippen LogP) is 4.00. The molecule has 0 spiro atoms. The Balaban J connectivity index is 2.02. The summed E-state index contributed by atoms with van der Waals surface area (Å²) >= 11 is 1.65. The van der Waals surface area contributed by atoms with Gasteiger partial charge in [-0.05, 0) is 36.6 Å². The molecule has 0 saturated carbocycles. The van der Waals surface area contributed by atoms with Gasteiger partial charge in [-0.25, -0.2) is 9.97 Å². The summed E-state index contributed by atoms with van der Waals surface area (Å²) in [5.74, 6) is 3.06. The van der Waals surface area contributed by atoms with Crippen molar-refractivity contribution in [2.75, 3.05) is 44.1 Å². The fraction of sp³-hybridized carbons (Fsp3) is 0.476. The van der Waals surface area contributed by atoms with E-state index in [1.165, 1.54) is 0 Å². The number of nitrogens with zero attached hydrogens (tertiary/aromatic N) is 4. The van der Waals surface area contributed by atoms with Gasteiger partial charge in [-0.15, -0.1) is 0 Å². The summed E-state index contributed by atoms with van der Waals surface area (Å²) < 4.78 is 10.7. The topological polar surface area (TPSA) is 71.3 Å². The summed E-state index contributed by atoms with van der Waals surface area (Å²) in [7, 11) is 1.64. The fourth-order valence-corrected chi connectivity index (χ4v) is 4.02. The van der Waals surface area contributed by atoms with E-state index in [0.29, 0.717) is 41.4 Å². The molecule has 1 aliphatic rings. The largest absolute Gasteiger partial charge is 0.497 e. The molecule has 0 aliphatic carbocycles. The van der Waals surface area contributed by atoms with Crippen molar-refractivity contribution in [3.8, 4) is 23.1 Å². The van der Waals surface area contributed by atoms with Crippen LogP contribution in [0.15, 0.2) is 29.4 Å². The van der Waals surface area contributed by atoms with E-state index in [1.807, 2.05) is 24.3 Å². The minimum absolute atomic E-state index is 0.514. The first-order chi connectivity index (χ1) is 13.6. The van der Waals surface area contributed by atoms with Crippen LogP contribution in [0.2, 0.25) is 0 Å². The van der Waals surface area contributed by atoms with Crippen LogP contribution >= 0.6 is 11.8 Å². The van der Waals surface area contributed by atoms with Crippen LogP contribution in [-0.4, -0.2) is 49.1 Å². The number of nitriles is 1. The van der Waals surface area contributed by atoms with Crippen molar-refractivity contribution in [1.82, 2.24) is 9.97 Å². The monoisotopic (exact) mass is 398 g/mol. The van der Waals surface area contributed by atoms with Crippen LogP contribution < -0.4 is 9.64 Å². The third-order valence-electron chi connectivity index (χ3n) is 4.58. The number of anilines is 1. The maximum atomic E-state index is 9.91. The van der Waals surface area contributed by atoms with Crippen molar-refractivity contribution >= 4 is 17.6 Å². The van der Waals surface area contributed by atoms with Crippen molar-refractivity contribution in [2.24, 2.45) is 5.92 Å². The van der Waals surface area contributed by atoms with E-state index in [4.69, 9.17) is 19.4 Å². The van der Waals surface area contributed by atoms with E-state index in [-0.39, 0.29) is 0 Å². The number of aromatic nitrogens is 2. The van der Waals surface area contributed by atoms with Gasteiger partial charge in [0.25, 0.3) is 0 Å². The number of methoxy groups -OCH3 is 1. The highest BCUT2D eigenvalue weighted by molar-refractivity contribution is 7.99. The molecular formula is C21H26N4O2S. The Bertz CT molecular complexity index is 828. The fourth-order valence-electron chi connectivity index (χ4n) is 2.94. The highest BCUT2D eigenvalue weighted by atomic mass is 32.2. The second-order valence-electron chi connectivity index (χ2n) is 7.02. The summed E-state index contributed by atoms with van der Waals surface area (Å²) in [5, 5.41) is 10.6.